The van der Waals surface area contributed by atoms with Crippen molar-refractivity contribution in [2.45, 2.75) is 13.0 Å². The van der Waals surface area contributed by atoms with E-state index < -0.39 is 23.8 Å². The number of hydrogen-bond donors (Lipinski definition) is 1. The highest BCUT2D eigenvalue weighted by Crippen LogP contribution is 2.25. The van der Waals surface area contributed by atoms with Gasteiger partial charge in [0.2, 0.25) is 0 Å². The van der Waals surface area contributed by atoms with Crippen LogP contribution in [0.5, 0.6) is 5.75 Å². The number of ether oxygens (including phenoxy) is 2. The van der Waals surface area contributed by atoms with Crippen LogP contribution in [-0.4, -0.2) is 30.1 Å². The molecule has 0 unspecified atom stereocenters. The van der Waals surface area contributed by atoms with Crippen LogP contribution in [0.1, 0.15) is 17.3 Å². The summed E-state index contributed by atoms with van der Waals surface area (Å²) >= 11 is 1.26. The Labute approximate surface area is 164 Å². The van der Waals surface area contributed by atoms with E-state index in [0.717, 1.165) is 17.3 Å². The van der Waals surface area contributed by atoms with E-state index in [1.807, 2.05) is 35.7 Å². The van der Waals surface area contributed by atoms with Crippen molar-refractivity contribution in [2.24, 2.45) is 0 Å². The summed E-state index contributed by atoms with van der Waals surface area (Å²) in [5.74, 6) is -2.02. The molecule has 0 saturated carbocycles. The number of rotatable bonds is 6. The molecule has 1 N–H and O–H groups in total. The zero-order chi connectivity index (χ0) is 20.1. The van der Waals surface area contributed by atoms with E-state index in [4.69, 9.17) is 9.47 Å². The minimum atomic E-state index is -1.08. The van der Waals surface area contributed by atoms with Crippen LogP contribution in [0.2, 0.25) is 0 Å². The molecule has 3 aromatic rings. The van der Waals surface area contributed by atoms with Gasteiger partial charge < -0.3 is 9.47 Å². The first-order chi connectivity index (χ1) is 13.5. The topological polar surface area (TPSA) is 77.5 Å². The lowest BCUT2D eigenvalue weighted by Gasteiger charge is -2.12. The molecule has 0 saturated heterocycles. The van der Waals surface area contributed by atoms with Crippen LogP contribution < -0.4 is 10.1 Å². The van der Waals surface area contributed by atoms with Crippen molar-refractivity contribution < 1.29 is 23.5 Å². The third kappa shape index (κ3) is 4.52. The van der Waals surface area contributed by atoms with E-state index in [2.05, 4.69) is 10.3 Å². The SMILES string of the molecule is COc1ccc(C(=O)O[C@H](C)C(=O)Nc2nc(-c3ccccc3)cs2)cc1F. The van der Waals surface area contributed by atoms with Gasteiger partial charge in [-0.15, -0.1) is 11.3 Å². The Morgan fingerprint density at radius 3 is 2.61 bits per heavy atom. The fraction of sp³-hybridized carbons (Fsp3) is 0.150. The van der Waals surface area contributed by atoms with Gasteiger partial charge >= 0.3 is 5.97 Å². The standard InChI is InChI=1S/C20H17FN2O4S/c1-12(27-19(25)14-8-9-17(26-2)15(21)10-14)18(24)23-20-22-16(11-28-20)13-6-4-3-5-7-13/h3-12H,1-2H3,(H,22,23,24)/t12-/m1/s1. The number of nitrogens with zero attached hydrogens (tertiary/aromatic N) is 1. The highest BCUT2D eigenvalue weighted by molar-refractivity contribution is 7.14. The molecule has 0 radical (unpaired) electrons. The van der Waals surface area contributed by atoms with E-state index in [0.29, 0.717) is 5.13 Å². The number of hydrogen-bond acceptors (Lipinski definition) is 6. The zero-order valence-electron chi connectivity index (χ0n) is 15.1. The molecule has 8 heteroatoms. The minimum Gasteiger partial charge on any atom is -0.494 e. The highest BCUT2D eigenvalue weighted by Gasteiger charge is 2.21. The summed E-state index contributed by atoms with van der Waals surface area (Å²) in [6.07, 6.45) is -1.08. The van der Waals surface area contributed by atoms with E-state index >= 15 is 0 Å². The number of methoxy groups -OCH3 is 1. The van der Waals surface area contributed by atoms with Crippen LogP contribution in [0.4, 0.5) is 9.52 Å². The first kappa shape index (κ1) is 19.5. The van der Waals surface area contributed by atoms with Gasteiger partial charge in [0.05, 0.1) is 18.4 Å². The lowest BCUT2D eigenvalue weighted by molar-refractivity contribution is -0.123. The molecule has 28 heavy (non-hydrogen) atoms. The maximum Gasteiger partial charge on any atom is 0.339 e. The van der Waals surface area contributed by atoms with Crippen molar-refractivity contribution in [2.75, 3.05) is 12.4 Å². The maximum absolute atomic E-state index is 13.7. The smallest absolute Gasteiger partial charge is 0.339 e. The number of carbonyl (C=O) groups is 2. The quantitative estimate of drug-likeness (QED) is 0.629. The fourth-order valence-electron chi connectivity index (χ4n) is 2.36. The number of carbonyl (C=O) groups excluding carboxylic acids is 2. The van der Waals surface area contributed by atoms with Gasteiger partial charge in [0, 0.05) is 10.9 Å². The molecule has 0 aliphatic heterocycles. The fourth-order valence-corrected chi connectivity index (χ4v) is 3.08. The summed E-state index contributed by atoms with van der Waals surface area (Å²) in [4.78, 5) is 28.8. The number of esters is 1. The van der Waals surface area contributed by atoms with Crippen molar-refractivity contribution in [1.29, 1.82) is 0 Å². The van der Waals surface area contributed by atoms with Crippen LogP contribution in [0, 0.1) is 5.82 Å². The van der Waals surface area contributed by atoms with Crippen molar-refractivity contribution >= 4 is 28.3 Å². The van der Waals surface area contributed by atoms with Crippen molar-refractivity contribution in [1.82, 2.24) is 4.98 Å². The van der Waals surface area contributed by atoms with E-state index in [1.165, 1.54) is 37.5 Å². The van der Waals surface area contributed by atoms with Gasteiger partial charge in [-0.05, 0) is 25.1 Å². The summed E-state index contributed by atoms with van der Waals surface area (Å²) in [6, 6.07) is 13.2. The van der Waals surface area contributed by atoms with Gasteiger partial charge in [-0.25, -0.2) is 14.2 Å². The summed E-state index contributed by atoms with van der Waals surface area (Å²) in [6.45, 7) is 1.43. The predicted octanol–water partition coefficient (Wildman–Crippen LogP) is 4.14. The number of aromatic nitrogens is 1. The maximum atomic E-state index is 13.7. The van der Waals surface area contributed by atoms with Crippen LogP contribution >= 0.6 is 11.3 Å². The third-order valence-corrected chi connectivity index (χ3v) is 4.60. The highest BCUT2D eigenvalue weighted by atomic mass is 32.1. The Morgan fingerprint density at radius 1 is 1.18 bits per heavy atom. The largest absolute Gasteiger partial charge is 0.494 e. The Hall–Kier alpha value is -3.26. The second kappa shape index (κ2) is 8.62. The molecule has 1 atom stereocenters. The first-order valence-corrected chi connectivity index (χ1v) is 9.22. The molecule has 0 spiro atoms. The Bertz CT molecular complexity index is 991. The molecule has 1 heterocycles. The number of benzene rings is 2. The van der Waals surface area contributed by atoms with Gasteiger partial charge in [0.1, 0.15) is 0 Å². The van der Waals surface area contributed by atoms with Crippen molar-refractivity contribution in [3.05, 3.63) is 65.3 Å². The van der Waals surface area contributed by atoms with E-state index in [1.54, 1.807) is 0 Å². The summed E-state index contributed by atoms with van der Waals surface area (Å²) in [5, 5.41) is 4.83. The van der Waals surface area contributed by atoms with Crippen molar-refractivity contribution in [3.63, 3.8) is 0 Å². The normalized spacial score (nSPS) is 11.5. The van der Waals surface area contributed by atoms with E-state index in [9.17, 15) is 14.0 Å². The molecule has 6 nitrogen and oxygen atoms in total. The minimum absolute atomic E-state index is 0.0142. The Kier molecular flexibility index (Phi) is 6.00. The van der Waals surface area contributed by atoms with Gasteiger partial charge in [-0.3, -0.25) is 10.1 Å². The van der Waals surface area contributed by atoms with Gasteiger partial charge in [0.25, 0.3) is 5.91 Å². The Balaban J connectivity index is 1.61. The van der Waals surface area contributed by atoms with Gasteiger partial charge in [-0.1, -0.05) is 30.3 Å². The molecule has 3 rings (SSSR count). The molecule has 0 fully saturated rings. The number of halogens is 1. The molecule has 2 aromatic carbocycles. The van der Waals surface area contributed by atoms with Crippen LogP contribution in [-0.2, 0) is 9.53 Å². The molecule has 0 aliphatic rings. The number of amides is 1. The average Bonchev–Trinajstić information content (AvgIpc) is 3.17. The molecular formula is C20H17FN2O4S. The van der Waals surface area contributed by atoms with Crippen LogP contribution in [0.25, 0.3) is 11.3 Å². The lowest BCUT2D eigenvalue weighted by atomic mass is 10.2. The molecule has 0 bridgehead atoms. The summed E-state index contributed by atoms with van der Waals surface area (Å²) in [5.41, 5.74) is 1.65. The molecule has 1 aromatic heterocycles. The lowest BCUT2D eigenvalue weighted by Crippen LogP contribution is -2.30. The summed E-state index contributed by atoms with van der Waals surface area (Å²) in [7, 11) is 1.32. The molecule has 1 amide bonds. The monoisotopic (exact) mass is 400 g/mol. The van der Waals surface area contributed by atoms with Crippen LogP contribution in [0.3, 0.4) is 0 Å². The van der Waals surface area contributed by atoms with Gasteiger partial charge in [-0.2, -0.15) is 0 Å². The van der Waals surface area contributed by atoms with Gasteiger partial charge in [0.15, 0.2) is 22.8 Å². The second-order valence-corrected chi connectivity index (χ2v) is 6.65. The predicted molar refractivity (Wildman–Crippen MR) is 104 cm³/mol. The molecule has 0 aliphatic carbocycles. The van der Waals surface area contributed by atoms with Crippen LogP contribution in [0.15, 0.2) is 53.9 Å². The van der Waals surface area contributed by atoms with Crippen molar-refractivity contribution in [3.8, 4) is 17.0 Å². The average molecular weight is 400 g/mol. The molecular weight excluding hydrogens is 383 g/mol. The number of anilines is 1. The summed E-state index contributed by atoms with van der Waals surface area (Å²) < 4.78 is 23.6. The Morgan fingerprint density at radius 2 is 1.93 bits per heavy atom. The molecule has 144 valence electrons. The number of thiazole rings is 1. The first-order valence-electron chi connectivity index (χ1n) is 8.34. The number of nitrogens with one attached hydrogen (secondary N) is 1. The zero-order valence-corrected chi connectivity index (χ0v) is 16.0. The third-order valence-electron chi connectivity index (χ3n) is 3.84. The second-order valence-electron chi connectivity index (χ2n) is 5.79. The van der Waals surface area contributed by atoms with E-state index in [-0.39, 0.29) is 11.3 Å².